The third-order valence-corrected chi connectivity index (χ3v) is 4.39. The second-order valence-corrected chi connectivity index (χ2v) is 6.62. The topological polar surface area (TPSA) is 61.7 Å². The van der Waals surface area contributed by atoms with Crippen LogP contribution < -0.4 is 10.6 Å². The molecule has 0 spiro atoms. The quantitative estimate of drug-likeness (QED) is 0.673. The fraction of sp³-hybridized carbons (Fsp3) is 0.300. The Bertz CT molecular complexity index is 875. The number of pyridine rings is 1. The maximum Gasteiger partial charge on any atom is 0.314 e. The summed E-state index contributed by atoms with van der Waals surface area (Å²) in [7, 11) is 3.80. The SMILES string of the molecule is CN(C)C(CNC(=O)NCCc1cn2ccccc2n1)c1cccc(F)c1. The van der Waals surface area contributed by atoms with Gasteiger partial charge in [0.15, 0.2) is 0 Å². The molecule has 6 nitrogen and oxygen atoms in total. The van der Waals surface area contributed by atoms with Crippen molar-refractivity contribution in [1.82, 2.24) is 24.9 Å². The van der Waals surface area contributed by atoms with Crippen LogP contribution >= 0.6 is 0 Å². The van der Waals surface area contributed by atoms with Gasteiger partial charge >= 0.3 is 6.03 Å². The molecule has 0 saturated carbocycles. The van der Waals surface area contributed by atoms with Crippen molar-refractivity contribution in [1.29, 1.82) is 0 Å². The van der Waals surface area contributed by atoms with E-state index in [2.05, 4.69) is 15.6 Å². The third-order valence-electron chi connectivity index (χ3n) is 4.39. The van der Waals surface area contributed by atoms with Gasteiger partial charge in [-0.15, -0.1) is 0 Å². The number of rotatable bonds is 7. The van der Waals surface area contributed by atoms with Gasteiger partial charge in [-0.25, -0.2) is 14.2 Å². The minimum atomic E-state index is -0.281. The summed E-state index contributed by atoms with van der Waals surface area (Å²) >= 11 is 0. The van der Waals surface area contributed by atoms with Gasteiger partial charge in [0.05, 0.1) is 11.7 Å². The van der Waals surface area contributed by atoms with Crippen LogP contribution in [0.5, 0.6) is 0 Å². The van der Waals surface area contributed by atoms with Crippen molar-refractivity contribution in [3.05, 3.63) is 71.9 Å². The van der Waals surface area contributed by atoms with Gasteiger partial charge in [0.1, 0.15) is 11.5 Å². The highest BCUT2D eigenvalue weighted by Gasteiger charge is 2.15. The minimum Gasteiger partial charge on any atom is -0.338 e. The number of nitrogens with zero attached hydrogens (tertiary/aromatic N) is 3. The predicted octanol–water partition coefficient (Wildman–Crippen LogP) is 2.62. The fourth-order valence-electron chi connectivity index (χ4n) is 2.98. The highest BCUT2D eigenvalue weighted by atomic mass is 19.1. The van der Waals surface area contributed by atoms with E-state index >= 15 is 0 Å². The number of imidazole rings is 1. The third kappa shape index (κ3) is 5.04. The van der Waals surface area contributed by atoms with E-state index in [4.69, 9.17) is 0 Å². The Kier molecular flexibility index (Phi) is 6.03. The summed E-state index contributed by atoms with van der Waals surface area (Å²) in [6, 6.07) is 11.9. The first kappa shape index (κ1) is 18.8. The van der Waals surface area contributed by atoms with Crippen LogP contribution in [0.3, 0.4) is 0 Å². The van der Waals surface area contributed by atoms with Gasteiger partial charge in [0.2, 0.25) is 0 Å². The van der Waals surface area contributed by atoms with Crippen molar-refractivity contribution in [2.24, 2.45) is 0 Å². The number of hydrogen-bond acceptors (Lipinski definition) is 3. The van der Waals surface area contributed by atoms with E-state index in [1.54, 1.807) is 6.07 Å². The summed E-state index contributed by atoms with van der Waals surface area (Å²) in [6.07, 6.45) is 4.55. The molecule has 0 aliphatic heterocycles. The predicted molar refractivity (Wildman–Crippen MR) is 103 cm³/mol. The van der Waals surface area contributed by atoms with Crippen molar-refractivity contribution in [2.75, 3.05) is 27.2 Å². The Morgan fingerprint density at radius 2 is 2.07 bits per heavy atom. The first-order chi connectivity index (χ1) is 13.0. The fourth-order valence-corrected chi connectivity index (χ4v) is 2.98. The second kappa shape index (κ2) is 8.64. The van der Waals surface area contributed by atoms with Crippen molar-refractivity contribution >= 4 is 11.7 Å². The molecule has 2 amide bonds. The standard InChI is InChI=1S/C20H24FN5O/c1-25(2)18(15-6-5-7-16(21)12-15)13-23-20(27)22-10-9-17-14-26-11-4-3-8-19(26)24-17/h3-8,11-12,14,18H,9-10,13H2,1-2H3,(H2,22,23,27). The molecule has 1 unspecified atom stereocenters. The number of benzene rings is 1. The first-order valence-electron chi connectivity index (χ1n) is 8.89. The number of carbonyl (C=O) groups is 1. The number of hydrogen-bond donors (Lipinski definition) is 2. The van der Waals surface area contributed by atoms with Gasteiger partial charge in [0.25, 0.3) is 0 Å². The number of halogens is 1. The molecule has 0 aliphatic rings. The molecule has 1 aromatic carbocycles. The highest BCUT2D eigenvalue weighted by Crippen LogP contribution is 2.18. The van der Waals surface area contributed by atoms with Crippen LogP contribution in [-0.4, -0.2) is 47.5 Å². The van der Waals surface area contributed by atoms with E-state index in [0.29, 0.717) is 19.5 Å². The van der Waals surface area contributed by atoms with Crippen LogP contribution in [-0.2, 0) is 6.42 Å². The van der Waals surface area contributed by atoms with Crippen LogP contribution in [0.2, 0.25) is 0 Å². The lowest BCUT2D eigenvalue weighted by Crippen LogP contribution is -2.41. The van der Waals surface area contributed by atoms with Gasteiger partial charge in [0, 0.05) is 31.9 Å². The molecule has 1 atom stereocenters. The zero-order valence-corrected chi connectivity index (χ0v) is 15.5. The smallest absolute Gasteiger partial charge is 0.314 e. The Morgan fingerprint density at radius 3 is 2.81 bits per heavy atom. The number of amides is 2. The zero-order valence-electron chi connectivity index (χ0n) is 15.5. The summed E-state index contributed by atoms with van der Waals surface area (Å²) in [5.74, 6) is -0.281. The van der Waals surface area contributed by atoms with Crippen LogP contribution in [0.25, 0.3) is 5.65 Å². The van der Waals surface area contributed by atoms with Gasteiger partial charge in [-0.1, -0.05) is 18.2 Å². The molecule has 27 heavy (non-hydrogen) atoms. The number of nitrogens with one attached hydrogen (secondary N) is 2. The summed E-state index contributed by atoms with van der Waals surface area (Å²) in [5, 5.41) is 5.70. The molecule has 0 bridgehead atoms. The van der Waals surface area contributed by atoms with E-state index in [1.165, 1.54) is 12.1 Å². The lowest BCUT2D eigenvalue weighted by molar-refractivity contribution is 0.233. The highest BCUT2D eigenvalue weighted by molar-refractivity contribution is 5.73. The molecule has 2 N–H and O–H groups in total. The Labute approximate surface area is 158 Å². The Morgan fingerprint density at radius 1 is 1.22 bits per heavy atom. The molecule has 142 valence electrons. The normalized spacial score (nSPS) is 12.3. The zero-order chi connectivity index (χ0) is 19.2. The molecule has 7 heteroatoms. The average Bonchev–Trinajstić information content (AvgIpc) is 3.04. The summed E-state index contributed by atoms with van der Waals surface area (Å²) in [4.78, 5) is 18.5. The maximum atomic E-state index is 13.5. The Balaban J connectivity index is 1.48. The van der Waals surface area contributed by atoms with E-state index < -0.39 is 0 Å². The summed E-state index contributed by atoms with van der Waals surface area (Å²) in [6.45, 7) is 0.874. The molecule has 0 saturated heterocycles. The van der Waals surface area contributed by atoms with E-state index in [0.717, 1.165) is 16.9 Å². The molecule has 3 aromatic rings. The van der Waals surface area contributed by atoms with Crippen molar-refractivity contribution < 1.29 is 9.18 Å². The van der Waals surface area contributed by atoms with Crippen LogP contribution in [0, 0.1) is 5.82 Å². The minimum absolute atomic E-state index is 0.107. The van der Waals surface area contributed by atoms with Crippen molar-refractivity contribution in [3.8, 4) is 0 Å². The summed E-state index contributed by atoms with van der Waals surface area (Å²) < 4.78 is 15.4. The van der Waals surface area contributed by atoms with Crippen molar-refractivity contribution in [2.45, 2.75) is 12.5 Å². The van der Waals surface area contributed by atoms with Gasteiger partial charge in [-0.2, -0.15) is 0 Å². The summed E-state index contributed by atoms with van der Waals surface area (Å²) in [5.41, 5.74) is 2.64. The number of aromatic nitrogens is 2. The molecule has 2 heterocycles. The number of likely N-dealkylation sites (N-methyl/N-ethyl adjacent to an activating group) is 1. The molecule has 3 rings (SSSR count). The van der Waals surface area contributed by atoms with Crippen molar-refractivity contribution in [3.63, 3.8) is 0 Å². The molecule has 2 aromatic heterocycles. The van der Waals surface area contributed by atoms with Crippen LogP contribution in [0.15, 0.2) is 54.9 Å². The van der Waals surface area contributed by atoms with E-state index in [-0.39, 0.29) is 17.9 Å². The lowest BCUT2D eigenvalue weighted by Gasteiger charge is -2.25. The van der Waals surface area contributed by atoms with Crippen LogP contribution in [0.4, 0.5) is 9.18 Å². The van der Waals surface area contributed by atoms with Crippen LogP contribution in [0.1, 0.15) is 17.3 Å². The largest absolute Gasteiger partial charge is 0.338 e. The second-order valence-electron chi connectivity index (χ2n) is 6.62. The first-order valence-corrected chi connectivity index (χ1v) is 8.89. The molecule has 0 fully saturated rings. The number of urea groups is 1. The molecule has 0 radical (unpaired) electrons. The lowest BCUT2D eigenvalue weighted by atomic mass is 10.1. The van der Waals surface area contributed by atoms with Gasteiger partial charge in [-0.3, -0.25) is 0 Å². The van der Waals surface area contributed by atoms with E-state index in [9.17, 15) is 9.18 Å². The molecule has 0 aliphatic carbocycles. The van der Waals surface area contributed by atoms with Gasteiger partial charge in [-0.05, 0) is 43.9 Å². The maximum absolute atomic E-state index is 13.5. The number of fused-ring (bicyclic) bond motifs is 1. The van der Waals surface area contributed by atoms with Gasteiger partial charge < -0.3 is 19.9 Å². The Hall–Kier alpha value is -2.93. The van der Waals surface area contributed by atoms with E-state index in [1.807, 2.05) is 60.1 Å². The monoisotopic (exact) mass is 369 g/mol. The average molecular weight is 369 g/mol. The number of carbonyl (C=O) groups excluding carboxylic acids is 1. The molecular weight excluding hydrogens is 345 g/mol. The molecular formula is C20H24FN5O.